The highest BCUT2D eigenvalue weighted by atomic mass is 32.3. The molecule has 0 aliphatic heterocycles. The van der Waals surface area contributed by atoms with Crippen LogP contribution in [0.15, 0.2) is 45.3 Å². The highest BCUT2D eigenvalue weighted by molar-refractivity contribution is 7.89. The molecule has 10 heteroatoms. The number of amides is 1. The zero-order chi connectivity index (χ0) is 22.0. The quantitative estimate of drug-likeness (QED) is 0.494. The van der Waals surface area contributed by atoms with Gasteiger partial charge in [-0.15, -0.1) is 11.3 Å². The zero-order valence-electron chi connectivity index (χ0n) is 17.0. The molecule has 0 saturated heterocycles. The molecule has 1 aromatic carbocycles. The average Bonchev–Trinajstić information content (AvgIpc) is 3.43. The fourth-order valence-electron chi connectivity index (χ4n) is 3.78. The number of nitrogens with zero attached hydrogens (tertiary/aromatic N) is 1. The van der Waals surface area contributed by atoms with Crippen LogP contribution in [0.3, 0.4) is 0 Å². The van der Waals surface area contributed by atoms with Gasteiger partial charge in [-0.1, -0.05) is 18.1 Å². The lowest BCUT2D eigenvalue weighted by Crippen LogP contribution is -2.35. The Kier molecular flexibility index (Phi) is 6.12. The van der Waals surface area contributed by atoms with Crippen LogP contribution in [-0.4, -0.2) is 32.1 Å². The van der Waals surface area contributed by atoms with Gasteiger partial charge in [-0.05, 0) is 61.6 Å². The lowest BCUT2D eigenvalue weighted by molar-refractivity contribution is 0.0997. The Morgan fingerprint density at radius 2 is 2.16 bits per heavy atom. The number of nitrogens with one attached hydrogen (secondary N) is 1. The summed E-state index contributed by atoms with van der Waals surface area (Å²) in [4.78, 5) is 12.8. The van der Waals surface area contributed by atoms with Crippen LogP contribution in [0.4, 0.5) is 0 Å². The first-order valence-electron chi connectivity index (χ1n) is 10.0. The lowest BCUT2D eigenvalue weighted by atomic mass is 9.85. The van der Waals surface area contributed by atoms with Crippen molar-refractivity contribution in [1.29, 1.82) is 0 Å². The zero-order valence-corrected chi connectivity index (χ0v) is 18.6. The van der Waals surface area contributed by atoms with Gasteiger partial charge in [0.25, 0.3) is 5.91 Å². The van der Waals surface area contributed by atoms with Gasteiger partial charge >= 0.3 is 10.1 Å². The Hall–Kier alpha value is -2.69. The predicted molar refractivity (Wildman–Crippen MR) is 117 cm³/mol. The van der Waals surface area contributed by atoms with Crippen molar-refractivity contribution in [2.75, 3.05) is 6.54 Å². The molecule has 4 rings (SSSR count). The SMILES string of the molecule is CCCNC1CCc2c(ccc(OS(=O)(=O)c3ccc(-c4ccno4)s3)c2C(N)=O)C1. The molecule has 0 bridgehead atoms. The number of thiophene rings is 1. The van der Waals surface area contributed by atoms with Crippen LogP contribution in [0.1, 0.15) is 41.3 Å². The topological polar surface area (TPSA) is 125 Å². The summed E-state index contributed by atoms with van der Waals surface area (Å²) < 4.78 is 36.2. The molecule has 2 aromatic heterocycles. The van der Waals surface area contributed by atoms with Crippen LogP contribution in [0.2, 0.25) is 0 Å². The minimum absolute atomic E-state index is 0.00382. The first kappa shape index (κ1) is 21.5. The van der Waals surface area contributed by atoms with Gasteiger partial charge < -0.3 is 19.8 Å². The number of hydrogen-bond donors (Lipinski definition) is 2. The van der Waals surface area contributed by atoms with Crippen LogP contribution < -0.4 is 15.2 Å². The summed E-state index contributed by atoms with van der Waals surface area (Å²) in [6.45, 7) is 3.04. The minimum Gasteiger partial charge on any atom is -0.378 e. The fraction of sp³-hybridized carbons (Fsp3) is 0.333. The third-order valence-electron chi connectivity index (χ3n) is 5.22. The molecule has 0 fully saturated rings. The van der Waals surface area contributed by atoms with E-state index in [-0.39, 0.29) is 15.5 Å². The number of primary amides is 1. The monoisotopic (exact) mass is 461 g/mol. The van der Waals surface area contributed by atoms with E-state index in [1.54, 1.807) is 12.1 Å². The third-order valence-corrected chi connectivity index (χ3v) is 8.00. The van der Waals surface area contributed by atoms with E-state index in [4.69, 9.17) is 14.4 Å². The number of rotatable bonds is 8. The molecule has 1 aliphatic rings. The van der Waals surface area contributed by atoms with Crippen LogP contribution in [0, 0.1) is 0 Å². The van der Waals surface area contributed by atoms with Crippen LogP contribution >= 0.6 is 11.3 Å². The summed E-state index contributed by atoms with van der Waals surface area (Å²) in [5.41, 5.74) is 7.53. The molecule has 0 spiro atoms. The molecule has 31 heavy (non-hydrogen) atoms. The maximum atomic E-state index is 12.9. The standard InChI is InChI=1S/C21H23N3O5S2/c1-2-10-23-14-4-5-15-13(12-14)3-6-17(20(15)21(22)25)29-31(26,27)19-8-7-18(30-19)16-9-11-24-28-16/h3,6-9,11,14,23H,2,4-5,10,12H2,1H3,(H2,22,25). The molecule has 1 aliphatic carbocycles. The summed E-state index contributed by atoms with van der Waals surface area (Å²) in [5, 5.41) is 7.12. The molecule has 1 amide bonds. The Morgan fingerprint density at radius 1 is 1.32 bits per heavy atom. The van der Waals surface area contributed by atoms with Crippen LogP contribution in [0.25, 0.3) is 10.6 Å². The van der Waals surface area contributed by atoms with Crippen LogP contribution in [0.5, 0.6) is 5.75 Å². The Bertz CT molecular complexity index is 1190. The van der Waals surface area contributed by atoms with E-state index in [0.717, 1.165) is 48.3 Å². The molecule has 8 nitrogen and oxygen atoms in total. The first-order valence-corrected chi connectivity index (χ1v) is 12.2. The summed E-state index contributed by atoms with van der Waals surface area (Å²) in [6, 6.07) is 8.35. The molecular formula is C21H23N3O5S2. The van der Waals surface area contributed by atoms with E-state index in [1.165, 1.54) is 18.3 Å². The highest BCUT2D eigenvalue weighted by Gasteiger charge is 2.28. The van der Waals surface area contributed by atoms with Crippen LogP contribution in [-0.2, 0) is 23.0 Å². The van der Waals surface area contributed by atoms with E-state index in [2.05, 4.69) is 17.4 Å². The van der Waals surface area contributed by atoms with Gasteiger partial charge in [-0.25, -0.2) is 0 Å². The van der Waals surface area contributed by atoms with Gasteiger partial charge in [-0.3, -0.25) is 4.79 Å². The van der Waals surface area contributed by atoms with E-state index >= 15 is 0 Å². The molecule has 0 radical (unpaired) electrons. The van der Waals surface area contributed by atoms with E-state index in [0.29, 0.717) is 23.1 Å². The molecule has 3 N–H and O–H groups in total. The summed E-state index contributed by atoms with van der Waals surface area (Å²) in [6.07, 6.45) is 4.75. The number of benzene rings is 1. The molecule has 0 saturated carbocycles. The van der Waals surface area contributed by atoms with Crippen molar-refractivity contribution in [3.05, 3.63) is 53.2 Å². The maximum absolute atomic E-state index is 12.9. The lowest BCUT2D eigenvalue weighted by Gasteiger charge is -2.27. The van der Waals surface area contributed by atoms with Gasteiger partial charge in [0.2, 0.25) is 0 Å². The number of fused-ring (bicyclic) bond motifs is 1. The molecule has 164 valence electrons. The van der Waals surface area contributed by atoms with Crippen molar-refractivity contribution in [2.24, 2.45) is 5.73 Å². The fourth-order valence-corrected chi connectivity index (χ4v) is 5.95. The molecule has 1 unspecified atom stereocenters. The number of nitrogens with two attached hydrogens (primary N) is 1. The highest BCUT2D eigenvalue weighted by Crippen LogP contribution is 2.35. The largest absolute Gasteiger partial charge is 0.378 e. The number of carbonyl (C=O) groups excluding carboxylic acids is 1. The van der Waals surface area contributed by atoms with E-state index in [1.807, 2.05) is 6.07 Å². The Balaban J connectivity index is 1.62. The van der Waals surface area contributed by atoms with Crippen molar-refractivity contribution in [2.45, 2.75) is 42.9 Å². The smallest absolute Gasteiger partial charge is 0.348 e. The number of hydrogen-bond acceptors (Lipinski definition) is 8. The van der Waals surface area contributed by atoms with E-state index in [9.17, 15) is 13.2 Å². The van der Waals surface area contributed by atoms with Gasteiger partial charge in [0, 0.05) is 12.1 Å². The van der Waals surface area contributed by atoms with Gasteiger partial charge in [0.1, 0.15) is 0 Å². The minimum atomic E-state index is -4.15. The summed E-state index contributed by atoms with van der Waals surface area (Å²) in [7, 11) is -4.15. The Morgan fingerprint density at radius 3 is 2.87 bits per heavy atom. The van der Waals surface area contributed by atoms with Crippen molar-refractivity contribution in [3.63, 3.8) is 0 Å². The summed E-state index contributed by atoms with van der Waals surface area (Å²) >= 11 is 0.997. The van der Waals surface area contributed by atoms with Crippen molar-refractivity contribution >= 4 is 27.4 Å². The molecule has 2 heterocycles. The first-order chi connectivity index (χ1) is 14.9. The molecular weight excluding hydrogens is 438 g/mol. The van der Waals surface area contributed by atoms with E-state index < -0.39 is 16.0 Å². The second-order valence-electron chi connectivity index (χ2n) is 7.37. The second-order valence-corrected chi connectivity index (χ2v) is 10.2. The van der Waals surface area contributed by atoms with Gasteiger partial charge in [-0.2, -0.15) is 8.42 Å². The summed E-state index contributed by atoms with van der Waals surface area (Å²) in [5.74, 6) is -0.277. The van der Waals surface area contributed by atoms with Crippen molar-refractivity contribution in [3.8, 4) is 16.4 Å². The van der Waals surface area contributed by atoms with Crippen molar-refractivity contribution < 1.29 is 21.9 Å². The average molecular weight is 462 g/mol. The molecule has 3 aromatic rings. The van der Waals surface area contributed by atoms with Gasteiger partial charge in [0.15, 0.2) is 15.7 Å². The van der Waals surface area contributed by atoms with Crippen molar-refractivity contribution in [1.82, 2.24) is 10.5 Å². The van der Waals surface area contributed by atoms with Gasteiger partial charge in [0.05, 0.1) is 16.6 Å². The predicted octanol–water partition coefficient (Wildman–Crippen LogP) is 3.13. The maximum Gasteiger partial charge on any atom is 0.348 e. The molecule has 1 atom stereocenters. The second kappa shape index (κ2) is 8.81. The number of aromatic nitrogens is 1. The third kappa shape index (κ3) is 4.51. The number of carbonyl (C=O) groups is 1. The Labute approximate surface area is 184 Å². The normalized spacial score (nSPS) is 16.1.